The van der Waals surface area contributed by atoms with E-state index in [4.69, 9.17) is 43.6 Å². The van der Waals surface area contributed by atoms with Gasteiger partial charge in [-0.2, -0.15) is 23.5 Å². The standard InChI is InChI=1S/C53H77N5O17S2/c1-3-76-32-17-55-50(64)41-14-15-42(45(34-41)73-30-29-72-28-27-71-26-25-70-24-23-69-22-21-68-20-16-54)51(65)56-18-33-77-31-7-19-74-53(52(66)67)35-43(60)46(58-37(2)59)48(75-53)47(62)44(61)36-57-49(63)40-12-10-39(11-13-40)38-8-5-4-6-9-38/h4-6,8-15,34,43-44,46-48,60-62H,3,7,16-33,35-36,54H2,1-2H3,(H,55,64)(H,56,65)(H,57,63)(H,58,59)(H,66,67)/t43-,44+,46+,47+,48+,53+/m0/s1. The number of hydrogen-bond acceptors (Lipinski definition) is 19. The van der Waals surface area contributed by atoms with Crippen LogP contribution in [0, 0.1) is 0 Å². The summed E-state index contributed by atoms with van der Waals surface area (Å²) in [5.41, 5.74) is 8.04. The number of benzene rings is 3. The van der Waals surface area contributed by atoms with Crippen molar-refractivity contribution in [3.8, 4) is 16.9 Å². The molecule has 428 valence electrons. The molecular weight excluding hydrogens is 1040 g/mol. The number of nitrogens with two attached hydrogens (primary N) is 1. The first-order valence-electron chi connectivity index (χ1n) is 25.7. The Morgan fingerprint density at radius 3 is 1.86 bits per heavy atom. The number of carbonyl (C=O) groups excluding carboxylic acids is 4. The Labute approximate surface area is 458 Å². The third-order valence-electron chi connectivity index (χ3n) is 11.5. The number of amides is 4. The minimum Gasteiger partial charge on any atom is -0.490 e. The number of aliphatic carboxylic acids is 1. The fourth-order valence-electron chi connectivity index (χ4n) is 7.60. The molecule has 0 unspecified atom stereocenters. The van der Waals surface area contributed by atoms with Crippen molar-refractivity contribution < 1.29 is 82.3 Å². The summed E-state index contributed by atoms with van der Waals surface area (Å²) < 4.78 is 44.9. The number of carbonyl (C=O) groups is 5. The van der Waals surface area contributed by atoms with Crippen molar-refractivity contribution in [1.82, 2.24) is 21.3 Å². The van der Waals surface area contributed by atoms with Gasteiger partial charge < -0.3 is 85.3 Å². The zero-order valence-corrected chi connectivity index (χ0v) is 45.5. The molecule has 4 amide bonds. The summed E-state index contributed by atoms with van der Waals surface area (Å²) in [5.74, 6) is -3.18. The van der Waals surface area contributed by atoms with Gasteiger partial charge in [0.05, 0.1) is 96.5 Å². The van der Waals surface area contributed by atoms with Crippen LogP contribution in [0.1, 0.15) is 57.8 Å². The van der Waals surface area contributed by atoms with Crippen LogP contribution in [0.5, 0.6) is 5.75 Å². The van der Waals surface area contributed by atoms with Crippen LogP contribution in [0.4, 0.5) is 0 Å². The highest BCUT2D eigenvalue weighted by Crippen LogP contribution is 2.34. The molecule has 22 nitrogen and oxygen atoms in total. The van der Waals surface area contributed by atoms with E-state index in [0.29, 0.717) is 96.0 Å². The minimum absolute atomic E-state index is 0.0921. The Morgan fingerprint density at radius 2 is 1.26 bits per heavy atom. The molecule has 0 bridgehead atoms. The number of rotatable bonds is 40. The molecule has 77 heavy (non-hydrogen) atoms. The maximum absolute atomic E-state index is 13.4. The second kappa shape index (κ2) is 37.0. The lowest BCUT2D eigenvalue weighted by atomic mass is 9.88. The second-order valence-electron chi connectivity index (χ2n) is 17.3. The molecule has 10 N–H and O–H groups in total. The quantitative estimate of drug-likeness (QED) is 0.0366. The monoisotopic (exact) mass is 1120 g/mol. The van der Waals surface area contributed by atoms with E-state index in [1.54, 1.807) is 42.1 Å². The number of thioether (sulfide) groups is 2. The van der Waals surface area contributed by atoms with E-state index in [9.17, 15) is 44.4 Å². The minimum atomic E-state index is -2.47. The number of nitrogens with one attached hydrogen (secondary N) is 4. The number of aliphatic hydroxyl groups is 3. The molecule has 1 aliphatic rings. The van der Waals surface area contributed by atoms with E-state index in [-0.39, 0.29) is 49.1 Å². The van der Waals surface area contributed by atoms with Crippen molar-refractivity contribution in [1.29, 1.82) is 0 Å². The van der Waals surface area contributed by atoms with Crippen LogP contribution in [0.3, 0.4) is 0 Å². The van der Waals surface area contributed by atoms with Gasteiger partial charge >= 0.3 is 5.97 Å². The van der Waals surface area contributed by atoms with Gasteiger partial charge in [0.15, 0.2) is 0 Å². The molecule has 24 heteroatoms. The van der Waals surface area contributed by atoms with Crippen molar-refractivity contribution >= 4 is 53.1 Å². The predicted octanol–water partition coefficient (Wildman–Crippen LogP) is 1.71. The molecule has 1 heterocycles. The lowest BCUT2D eigenvalue weighted by Gasteiger charge is -2.46. The highest BCUT2D eigenvalue weighted by Gasteiger charge is 2.55. The van der Waals surface area contributed by atoms with Crippen LogP contribution in [0.15, 0.2) is 72.8 Å². The molecule has 1 aliphatic heterocycles. The Morgan fingerprint density at radius 1 is 0.701 bits per heavy atom. The molecule has 0 aromatic heterocycles. The molecule has 1 fully saturated rings. The first-order valence-corrected chi connectivity index (χ1v) is 28.0. The molecule has 3 aromatic rings. The van der Waals surface area contributed by atoms with Crippen molar-refractivity contribution in [2.45, 2.75) is 62.9 Å². The smallest absolute Gasteiger partial charge is 0.364 e. The van der Waals surface area contributed by atoms with Gasteiger partial charge in [-0.05, 0) is 59.4 Å². The molecule has 0 aliphatic carbocycles. The third kappa shape index (κ3) is 23.5. The van der Waals surface area contributed by atoms with Crippen LogP contribution in [0.2, 0.25) is 0 Å². The van der Waals surface area contributed by atoms with Gasteiger partial charge in [0, 0.05) is 62.2 Å². The van der Waals surface area contributed by atoms with Gasteiger partial charge in [0.2, 0.25) is 5.91 Å². The SMILES string of the molecule is CCSCCNC(=O)c1ccc(C(=O)NCCSCCCO[C@]2(C(=O)O)C[C@H](O)[C@@H](NC(C)=O)[C@H]([C@H](O)[C@H](O)CNC(=O)c3ccc(-c4ccccc4)cc3)O2)c(OCCOCCOCCOCCOCCOCCN)c1. The summed E-state index contributed by atoms with van der Waals surface area (Å²) in [6.07, 6.45) is -7.23. The van der Waals surface area contributed by atoms with Crippen LogP contribution in [0.25, 0.3) is 11.1 Å². The molecular formula is C53H77N5O17S2. The fraction of sp³-hybridized carbons (Fsp3) is 0.566. The number of ether oxygens (including phenoxy) is 8. The summed E-state index contributed by atoms with van der Waals surface area (Å²) in [7, 11) is 0. The fourth-order valence-corrected chi connectivity index (χ4v) is 8.90. The number of carboxylic acid groups (broad SMARTS) is 1. The van der Waals surface area contributed by atoms with E-state index in [0.717, 1.165) is 29.6 Å². The lowest BCUT2D eigenvalue weighted by molar-refractivity contribution is -0.310. The first-order chi connectivity index (χ1) is 37.3. The summed E-state index contributed by atoms with van der Waals surface area (Å²) in [5, 5.41) is 54.6. The normalized spacial score (nSPS) is 18.0. The van der Waals surface area contributed by atoms with Gasteiger partial charge in [0.25, 0.3) is 23.5 Å². The number of carboxylic acids is 1. The van der Waals surface area contributed by atoms with Crippen LogP contribution < -0.4 is 31.7 Å². The van der Waals surface area contributed by atoms with Gasteiger partial charge in [0.1, 0.15) is 24.6 Å². The Kier molecular flexibility index (Phi) is 31.1. The Hall–Kier alpha value is -4.93. The van der Waals surface area contributed by atoms with Gasteiger partial charge in [-0.1, -0.05) is 49.4 Å². The lowest BCUT2D eigenvalue weighted by Crippen LogP contribution is -2.68. The molecule has 6 atom stereocenters. The first kappa shape index (κ1) is 64.6. The Bertz CT molecular complexity index is 2200. The van der Waals surface area contributed by atoms with Crippen molar-refractivity contribution in [3.05, 3.63) is 89.5 Å². The van der Waals surface area contributed by atoms with Gasteiger partial charge in [-0.25, -0.2) is 4.79 Å². The largest absolute Gasteiger partial charge is 0.490 e. The maximum Gasteiger partial charge on any atom is 0.364 e. The van der Waals surface area contributed by atoms with Gasteiger partial charge in [-0.3, -0.25) is 19.2 Å². The number of hydrogen-bond donors (Lipinski definition) is 9. The van der Waals surface area contributed by atoms with Crippen LogP contribution >= 0.6 is 23.5 Å². The van der Waals surface area contributed by atoms with Crippen molar-refractivity contribution in [3.63, 3.8) is 0 Å². The van der Waals surface area contributed by atoms with E-state index >= 15 is 0 Å². The maximum atomic E-state index is 13.4. The van der Waals surface area contributed by atoms with Crippen molar-refractivity contribution in [2.75, 3.05) is 128 Å². The molecule has 0 radical (unpaired) electrons. The Balaban J connectivity index is 1.21. The molecule has 3 aromatic carbocycles. The molecule has 0 saturated carbocycles. The topological polar surface area (TPSA) is 314 Å². The van der Waals surface area contributed by atoms with Crippen LogP contribution in [-0.2, 0) is 42.7 Å². The predicted molar refractivity (Wildman–Crippen MR) is 290 cm³/mol. The average Bonchev–Trinajstić information content (AvgIpc) is 3.44. The molecule has 1 saturated heterocycles. The van der Waals surface area contributed by atoms with Gasteiger partial charge in [-0.15, -0.1) is 0 Å². The zero-order chi connectivity index (χ0) is 55.7. The third-order valence-corrected chi connectivity index (χ3v) is 13.5. The molecule has 4 rings (SSSR count). The zero-order valence-electron chi connectivity index (χ0n) is 43.9. The number of aliphatic hydroxyl groups excluding tert-OH is 3. The summed E-state index contributed by atoms with van der Waals surface area (Å²) in [6, 6.07) is 19.6. The summed E-state index contributed by atoms with van der Waals surface area (Å²) in [6.45, 7) is 7.79. The summed E-state index contributed by atoms with van der Waals surface area (Å²) >= 11 is 3.14. The van der Waals surface area contributed by atoms with Crippen LogP contribution in [-0.4, -0.2) is 215 Å². The van der Waals surface area contributed by atoms with E-state index in [1.165, 1.54) is 23.9 Å². The highest BCUT2D eigenvalue weighted by atomic mass is 32.2. The summed E-state index contributed by atoms with van der Waals surface area (Å²) in [4.78, 5) is 64.2. The van der Waals surface area contributed by atoms with Crippen molar-refractivity contribution in [2.24, 2.45) is 5.73 Å². The highest BCUT2D eigenvalue weighted by molar-refractivity contribution is 7.99. The second-order valence-corrected chi connectivity index (χ2v) is 19.9. The van der Waals surface area contributed by atoms with E-state index in [1.807, 2.05) is 37.3 Å². The average molecular weight is 1120 g/mol. The van der Waals surface area contributed by atoms with E-state index < -0.39 is 72.9 Å². The molecule has 0 spiro atoms. The van der Waals surface area contributed by atoms with E-state index in [2.05, 4.69) is 21.3 Å².